The lowest BCUT2D eigenvalue weighted by atomic mass is 10.2. The molecule has 4 heteroatoms. The van der Waals surface area contributed by atoms with E-state index < -0.39 is 0 Å². The largest absolute Gasteiger partial charge is 0.496 e. The number of methoxy groups -OCH3 is 1. The van der Waals surface area contributed by atoms with Gasteiger partial charge < -0.3 is 10.5 Å². The number of pyridine rings is 1. The van der Waals surface area contributed by atoms with Gasteiger partial charge in [-0.05, 0) is 24.7 Å². The Labute approximate surface area is 113 Å². The van der Waals surface area contributed by atoms with Crippen molar-refractivity contribution in [2.24, 2.45) is 0 Å². The van der Waals surface area contributed by atoms with E-state index in [1.54, 1.807) is 7.11 Å². The number of nitrogens with two attached hydrogens (primary N) is 1. The molecule has 19 heavy (non-hydrogen) atoms. The molecule has 2 rings (SSSR count). The number of nitrogens with zero attached hydrogens (tertiary/aromatic N) is 2. The highest BCUT2D eigenvalue weighted by Crippen LogP contribution is 2.19. The Morgan fingerprint density at radius 3 is 2.63 bits per heavy atom. The molecule has 0 saturated carbocycles. The molecule has 0 unspecified atom stereocenters. The second-order valence-electron chi connectivity index (χ2n) is 4.58. The number of ether oxygens (including phenoxy) is 1. The number of rotatable bonds is 5. The minimum Gasteiger partial charge on any atom is -0.496 e. The van der Waals surface area contributed by atoms with Crippen LogP contribution in [0, 0.1) is 0 Å². The molecule has 0 atom stereocenters. The standard InChI is InChI=1S/C15H19N3O/c1-18(10-12-7-8-15(16)17-9-12)11-13-5-3-4-6-14(13)19-2/h3-9H,10-11H2,1-2H3,(H2,16,17). The summed E-state index contributed by atoms with van der Waals surface area (Å²) in [6, 6.07) is 11.9. The fourth-order valence-corrected chi connectivity index (χ4v) is 2.02. The van der Waals surface area contributed by atoms with E-state index in [-0.39, 0.29) is 0 Å². The molecule has 0 bridgehead atoms. The van der Waals surface area contributed by atoms with E-state index in [2.05, 4.69) is 23.0 Å². The van der Waals surface area contributed by atoms with Crippen LogP contribution in [0.15, 0.2) is 42.6 Å². The summed E-state index contributed by atoms with van der Waals surface area (Å²) in [6.45, 7) is 1.65. The monoisotopic (exact) mass is 257 g/mol. The van der Waals surface area contributed by atoms with E-state index in [0.29, 0.717) is 5.82 Å². The molecule has 1 heterocycles. The number of para-hydroxylation sites is 1. The third kappa shape index (κ3) is 3.69. The molecule has 0 aliphatic carbocycles. The number of anilines is 1. The van der Waals surface area contributed by atoms with Gasteiger partial charge in [0, 0.05) is 24.8 Å². The zero-order valence-electron chi connectivity index (χ0n) is 11.3. The Hall–Kier alpha value is -2.07. The van der Waals surface area contributed by atoms with Crippen molar-refractivity contribution in [2.45, 2.75) is 13.1 Å². The third-order valence-electron chi connectivity index (χ3n) is 2.93. The van der Waals surface area contributed by atoms with Crippen LogP contribution < -0.4 is 10.5 Å². The Morgan fingerprint density at radius 1 is 1.16 bits per heavy atom. The molecule has 0 spiro atoms. The maximum atomic E-state index is 5.58. The van der Waals surface area contributed by atoms with Crippen LogP contribution >= 0.6 is 0 Å². The summed E-state index contributed by atoms with van der Waals surface area (Å²) in [4.78, 5) is 6.31. The quantitative estimate of drug-likeness (QED) is 0.893. The Kier molecular flexibility index (Phi) is 4.36. The first-order chi connectivity index (χ1) is 9.19. The molecule has 0 aliphatic heterocycles. The minimum absolute atomic E-state index is 0.552. The molecule has 100 valence electrons. The lowest BCUT2D eigenvalue weighted by Crippen LogP contribution is -2.17. The summed E-state index contributed by atoms with van der Waals surface area (Å²) in [5, 5.41) is 0. The predicted molar refractivity (Wildman–Crippen MR) is 76.8 cm³/mol. The summed E-state index contributed by atoms with van der Waals surface area (Å²) in [5.41, 5.74) is 7.90. The Balaban J connectivity index is 2.01. The lowest BCUT2D eigenvalue weighted by Gasteiger charge is -2.18. The van der Waals surface area contributed by atoms with E-state index in [9.17, 15) is 0 Å². The van der Waals surface area contributed by atoms with Crippen LogP contribution in [-0.4, -0.2) is 24.0 Å². The lowest BCUT2D eigenvalue weighted by molar-refractivity contribution is 0.310. The van der Waals surface area contributed by atoms with Gasteiger partial charge in [-0.1, -0.05) is 24.3 Å². The summed E-state index contributed by atoms with van der Waals surface area (Å²) in [7, 11) is 3.77. The summed E-state index contributed by atoms with van der Waals surface area (Å²) >= 11 is 0. The number of aromatic nitrogens is 1. The average molecular weight is 257 g/mol. The van der Waals surface area contributed by atoms with Crippen molar-refractivity contribution in [3.05, 3.63) is 53.7 Å². The maximum Gasteiger partial charge on any atom is 0.123 e. The van der Waals surface area contributed by atoms with Crippen LogP contribution in [0.25, 0.3) is 0 Å². The first-order valence-electron chi connectivity index (χ1n) is 6.20. The van der Waals surface area contributed by atoms with Crippen molar-refractivity contribution in [3.8, 4) is 5.75 Å². The van der Waals surface area contributed by atoms with Gasteiger partial charge in [0.25, 0.3) is 0 Å². The van der Waals surface area contributed by atoms with Crippen molar-refractivity contribution in [1.29, 1.82) is 0 Å². The number of hydrogen-bond acceptors (Lipinski definition) is 4. The molecule has 4 nitrogen and oxygen atoms in total. The van der Waals surface area contributed by atoms with Crippen LogP contribution in [0.5, 0.6) is 5.75 Å². The van der Waals surface area contributed by atoms with Gasteiger partial charge in [0.15, 0.2) is 0 Å². The molecule has 0 saturated heterocycles. The van der Waals surface area contributed by atoms with E-state index >= 15 is 0 Å². The molecule has 0 radical (unpaired) electrons. The number of nitrogen functional groups attached to an aromatic ring is 1. The average Bonchev–Trinajstić information content (AvgIpc) is 2.42. The van der Waals surface area contributed by atoms with E-state index in [1.165, 1.54) is 5.56 Å². The molecule has 0 fully saturated rings. The normalized spacial score (nSPS) is 10.7. The summed E-state index contributed by atoms with van der Waals surface area (Å²) < 4.78 is 5.36. The number of hydrogen-bond donors (Lipinski definition) is 1. The molecule has 0 amide bonds. The minimum atomic E-state index is 0.552. The molecular weight excluding hydrogens is 238 g/mol. The molecular formula is C15H19N3O. The van der Waals surface area contributed by atoms with Crippen molar-refractivity contribution in [3.63, 3.8) is 0 Å². The van der Waals surface area contributed by atoms with E-state index in [0.717, 1.165) is 24.4 Å². The van der Waals surface area contributed by atoms with Crippen LogP contribution in [0.4, 0.5) is 5.82 Å². The third-order valence-corrected chi connectivity index (χ3v) is 2.93. The summed E-state index contributed by atoms with van der Waals surface area (Å²) in [5.74, 6) is 1.47. The van der Waals surface area contributed by atoms with Gasteiger partial charge in [0.1, 0.15) is 11.6 Å². The first kappa shape index (κ1) is 13.4. The van der Waals surface area contributed by atoms with Gasteiger partial charge in [0.05, 0.1) is 7.11 Å². The second-order valence-corrected chi connectivity index (χ2v) is 4.58. The van der Waals surface area contributed by atoms with Gasteiger partial charge in [0.2, 0.25) is 0 Å². The highest BCUT2D eigenvalue weighted by molar-refractivity contribution is 5.33. The zero-order chi connectivity index (χ0) is 13.7. The Morgan fingerprint density at radius 2 is 1.95 bits per heavy atom. The second kappa shape index (κ2) is 6.20. The molecule has 2 N–H and O–H groups in total. The van der Waals surface area contributed by atoms with Gasteiger partial charge in [-0.25, -0.2) is 4.98 Å². The van der Waals surface area contributed by atoms with Gasteiger partial charge in [-0.3, -0.25) is 4.90 Å². The molecule has 1 aromatic heterocycles. The predicted octanol–water partition coefficient (Wildman–Crippen LogP) is 2.30. The van der Waals surface area contributed by atoms with E-state index in [1.807, 2.05) is 36.5 Å². The highest BCUT2D eigenvalue weighted by atomic mass is 16.5. The Bertz CT molecular complexity index is 525. The topological polar surface area (TPSA) is 51.4 Å². The van der Waals surface area contributed by atoms with E-state index in [4.69, 9.17) is 10.5 Å². The van der Waals surface area contributed by atoms with Crippen LogP contribution in [0.3, 0.4) is 0 Å². The fourth-order valence-electron chi connectivity index (χ4n) is 2.02. The van der Waals surface area contributed by atoms with Gasteiger partial charge >= 0.3 is 0 Å². The molecule has 2 aromatic rings. The highest BCUT2D eigenvalue weighted by Gasteiger charge is 2.06. The zero-order valence-corrected chi connectivity index (χ0v) is 11.3. The molecule has 1 aromatic carbocycles. The van der Waals surface area contributed by atoms with Crippen molar-refractivity contribution in [1.82, 2.24) is 9.88 Å². The maximum absolute atomic E-state index is 5.58. The van der Waals surface area contributed by atoms with Crippen molar-refractivity contribution in [2.75, 3.05) is 19.9 Å². The van der Waals surface area contributed by atoms with Crippen LogP contribution in [0.2, 0.25) is 0 Å². The van der Waals surface area contributed by atoms with Crippen molar-refractivity contribution >= 4 is 5.82 Å². The van der Waals surface area contributed by atoms with Crippen LogP contribution in [0.1, 0.15) is 11.1 Å². The SMILES string of the molecule is COc1ccccc1CN(C)Cc1ccc(N)nc1. The smallest absolute Gasteiger partial charge is 0.123 e. The van der Waals surface area contributed by atoms with Gasteiger partial charge in [-0.15, -0.1) is 0 Å². The van der Waals surface area contributed by atoms with Gasteiger partial charge in [-0.2, -0.15) is 0 Å². The summed E-state index contributed by atoms with van der Waals surface area (Å²) in [6.07, 6.45) is 1.81. The molecule has 0 aliphatic rings. The van der Waals surface area contributed by atoms with Crippen LogP contribution in [-0.2, 0) is 13.1 Å². The van der Waals surface area contributed by atoms with Crippen molar-refractivity contribution < 1.29 is 4.74 Å². The number of benzene rings is 1. The first-order valence-corrected chi connectivity index (χ1v) is 6.20. The fraction of sp³-hybridized carbons (Fsp3) is 0.267.